The summed E-state index contributed by atoms with van der Waals surface area (Å²) in [6.07, 6.45) is 2.68. The molecular formula is C18H21N3O. The molecule has 1 amide bonds. The van der Waals surface area contributed by atoms with Gasteiger partial charge in [0.25, 0.3) is 0 Å². The number of rotatable bonds is 4. The third kappa shape index (κ3) is 3.71. The van der Waals surface area contributed by atoms with Crippen molar-refractivity contribution in [1.82, 2.24) is 15.2 Å². The van der Waals surface area contributed by atoms with Gasteiger partial charge in [0.05, 0.1) is 12.2 Å². The van der Waals surface area contributed by atoms with Gasteiger partial charge in [-0.05, 0) is 30.5 Å². The summed E-state index contributed by atoms with van der Waals surface area (Å²) in [5, 5.41) is 3.09. The van der Waals surface area contributed by atoms with E-state index in [2.05, 4.69) is 40.3 Å². The molecule has 22 heavy (non-hydrogen) atoms. The summed E-state index contributed by atoms with van der Waals surface area (Å²) in [5.74, 6) is 0.0979. The predicted octanol–water partition coefficient (Wildman–Crippen LogP) is 1.93. The van der Waals surface area contributed by atoms with Gasteiger partial charge in [0.15, 0.2) is 0 Å². The largest absolute Gasteiger partial charge is 0.351 e. The number of aryl methyl sites for hydroxylation is 1. The van der Waals surface area contributed by atoms with E-state index in [1.165, 1.54) is 11.1 Å². The Kier molecular flexibility index (Phi) is 4.49. The number of carbonyl (C=O) groups excluding carboxylic acids is 1. The highest BCUT2D eigenvalue weighted by Crippen LogP contribution is 2.12. The zero-order chi connectivity index (χ0) is 15.4. The lowest BCUT2D eigenvalue weighted by atomic mass is 10.0. The van der Waals surface area contributed by atoms with Crippen molar-refractivity contribution in [3.63, 3.8) is 0 Å². The minimum absolute atomic E-state index is 0.0979. The van der Waals surface area contributed by atoms with E-state index in [0.29, 0.717) is 6.54 Å². The summed E-state index contributed by atoms with van der Waals surface area (Å²) >= 11 is 0. The van der Waals surface area contributed by atoms with Crippen molar-refractivity contribution in [1.29, 1.82) is 0 Å². The minimum Gasteiger partial charge on any atom is -0.351 e. The van der Waals surface area contributed by atoms with E-state index in [1.807, 2.05) is 30.5 Å². The molecule has 1 saturated heterocycles. The zero-order valence-corrected chi connectivity index (χ0v) is 12.8. The molecule has 1 fully saturated rings. The van der Waals surface area contributed by atoms with Gasteiger partial charge in [-0.1, -0.05) is 36.4 Å². The van der Waals surface area contributed by atoms with Gasteiger partial charge in [0.1, 0.15) is 0 Å². The average Bonchev–Trinajstić information content (AvgIpc) is 2.50. The van der Waals surface area contributed by atoms with Gasteiger partial charge < -0.3 is 5.32 Å². The number of aromatic nitrogens is 1. The van der Waals surface area contributed by atoms with Crippen LogP contribution in [0.5, 0.6) is 0 Å². The molecule has 0 radical (unpaired) electrons. The van der Waals surface area contributed by atoms with Crippen LogP contribution in [-0.4, -0.2) is 34.9 Å². The van der Waals surface area contributed by atoms with Gasteiger partial charge in [0.2, 0.25) is 5.91 Å². The molecule has 1 aromatic carbocycles. The first-order valence-electron chi connectivity index (χ1n) is 7.67. The summed E-state index contributed by atoms with van der Waals surface area (Å²) in [7, 11) is 0. The summed E-state index contributed by atoms with van der Waals surface area (Å²) in [5.41, 5.74) is 3.48. The standard InChI is InChI=1S/C18H21N3O/c1-14-6-5-9-19-17(14)12-21-11-16(20-18(22)13-21)10-15-7-3-2-4-8-15/h2-9,16H,10-13H2,1H3,(H,20,22)/t16-/m0/s1. The molecule has 0 saturated carbocycles. The Balaban J connectivity index is 1.66. The van der Waals surface area contributed by atoms with Crippen LogP contribution >= 0.6 is 0 Å². The van der Waals surface area contributed by atoms with Crippen molar-refractivity contribution < 1.29 is 4.79 Å². The van der Waals surface area contributed by atoms with Gasteiger partial charge in [0, 0.05) is 25.3 Å². The molecule has 0 unspecified atom stereocenters. The van der Waals surface area contributed by atoms with Crippen LogP contribution in [-0.2, 0) is 17.8 Å². The Morgan fingerprint density at radius 3 is 2.82 bits per heavy atom. The molecule has 0 bridgehead atoms. The summed E-state index contributed by atoms with van der Waals surface area (Å²) in [4.78, 5) is 18.6. The zero-order valence-electron chi connectivity index (χ0n) is 12.8. The van der Waals surface area contributed by atoms with E-state index in [4.69, 9.17) is 0 Å². The lowest BCUT2D eigenvalue weighted by Gasteiger charge is -2.33. The molecule has 0 spiro atoms. The molecule has 1 aliphatic heterocycles. The lowest BCUT2D eigenvalue weighted by Crippen LogP contribution is -2.54. The Hall–Kier alpha value is -2.20. The second kappa shape index (κ2) is 6.71. The third-order valence-electron chi connectivity index (χ3n) is 4.03. The fourth-order valence-corrected chi connectivity index (χ4v) is 2.93. The average molecular weight is 295 g/mol. The van der Waals surface area contributed by atoms with E-state index in [-0.39, 0.29) is 11.9 Å². The van der Waals surface area contributed by atoms with Crippen molar-refractivity contribution in [3.8, 4) is 0 Å². The van der Waals surface area contributed by atoms with Gasteiger partial charge in [-0.2, -0.15) is 0 Å². The Morgan fingerprint density at radius 1 is 1.23 bits per heavy atom. The molecule has 1 N–H and O–H groups in total. The maximum Gasteiger partial charge on any atom is 0.234 e. The normalized spacial score (nSPS) is 19.0. The highest BCUT2D eigenvalue weighted by molar-refractivity contribution is 5.79. The highest BCUT2D eigenvalue weighted by Gasteiger charge is 2.25. The third-order valence-corrected chi connectivity index (χ3v) is 4.03. The van der Waals surface area contributed by atoms with Crippen LogP contribution < -0.4 is 5.32 Å². The van der Waals surface area contributed by atoms with Gasteiger partial charge >= 0.3 is 0 Å². The molecule has 1 atom stereocenters. The SMILES string of the molecule is Cc1cccnc1CN1CC(=O)N[C@@H](Cc2ccccc2)C1. The first-order chi connectivity index (χ1) is 10.7. The molecule has 114 valence electrons. The van der Waals surface area contributed by atoms with Crippen LogP contribution in [0, 0.1) is 6.92 Å². The van der Waals surface area contributed by atoms with Crippen LogP contribution in [0.3, 0.4) is 0 Å². The van der Waals surface area contributed by atoms with Crippen molar-refractivity contribution in [2.75, 3.05) is 13.1 Å². The second-order valence-corrected chi connectivity index (χ2v) is 5.89. The number of hydrogen-bond acceptors (Lipinski definition) is 3. The number of carbonyl (C=O) groups is 1. The van der Waals surface area contributed by atoms with Crippen molar-refractivity contribution in [2.45, 2.75) is 25.9 Å². The smallest absolute Gasteiger partial charge is 0.234 e. The summed E-state index contributed by atoms with van der Waals surface area (Å²) in [6.45, 7) is 4.09. The van der Waals surface area contributed by atoms with Crippen molar-refractivity contribution >= 4 is 5.91 Å². The highest BCUT2D eigenvalue weighted by atomic mass is 16.2. The molecule has 4 heteroatoms. The van der Waals surface area contributed by atoms with E-state index in [9.17, 15) is 4.79 Å². The van der Waals surface area contributed by atoms with E-state index < -0.39 is 0 Å². The van der Waals surface area contributed by atoms with Crippen LogP contribution in [0.4, 0.5) is 0 Å². The first kappa shape index (κ1) is 14.7. The fourth-order valence-electron chi connectivity index (χ4n) is 2.93. The fraction of sp³-hybridized carbons (Fsp3) is 0.333. The van der Waals surface area contributed by atoms with Gasteiger partial charge in [-0.25, -0.2) is 0 Å². The van der Waals surface area contributed by atoms with Crippen LogP contribution in [0.1, 0.15) is 16.8 Å². The van der Waals surface area contributed by atoms with Crippen LogP contribution in [0.25, 0.3) is 0 Å². The number of hydrogen-bond donors (Lipinski definition) is 1. The summed E-state index contributed by atoms with van der Waals surface area (Å²) < 4.78 is 0. The van der Waals surface area contributed by atoms with Gasteiger partial charge in [-0.15, -0.1) is 0 Å². The van der Waals surface area contributed by atoms with Gasteiger partial charge in [-0.3, -0.25) is 14.7 Å². The number of nitrogens with one attached hydrogen (secondary N) is 1. The molecule has 0 aliphatic carbocycles. The van der Waals surface area contributed by atoms with E-state index >= 15 is 0 Å². The van der Waals surface area contributed by atoms with Crippen LogP contribution in [0.2, 0.25) is 0 Å². The minimum atomic E-state index is 0.0979. The molecule has 4 nitrogen and oxygen atoms in total. The molecule has 1 aliphatic rings. The maximum atomic E-state index is 12.0. The molecule has 1 aromatic heterocycles. The topological polar surface area (TPSA) is 45.2 Å². The van der Waals surface area contributed by atoms with Crippen LogP contribution in [0.15, 0.2) is 48.7 Å². The maximum absolute atomic E-state index is 12.0. The number of benzene rings is 1. The summed E-state index contributed by atoms with van der Waals surface area (Å²) in [6, 6.07) is 14.5. The monoisotopic (exact) mass is 295 g/mol. The second-order valence-electron chi connectivity index (χ2n) is 5.89. The van der Waals surface area contributed by atoms with Crippen molar-refractivity contribution in [3.05, 3.63) is 65.5 Å². The first-order valence-corrected chi connectivity index (χ1v) is 7.67. The Labute approximate surface area is 131 Å². The molecule has 3 rings (SSSR count). The number of nitrogens with zero attached hydrogens (tertiary/aromatic N) is 2. The Bertz CT molecular complexity index is 642. The lowest BCUT2D eigenvalue weighted by molar-refractivity contribution is -0.125. The number of pyridine rings is 1. The van der Waals surface area contributed by atoms with E-state index in [0.717, 1.165) is 25.2 Å². The molecule has 2 heterocycles. The molecular weight excluding hydrogens is 274 g/mol. The number of piperazine rings is 1. The van der Waals surface area contributed by atoms with Crippen molar-refractivity contribution in [2.24, 2.45) is 0 Å². The quantitative estimate of drug-likeness (QED) is 0.937. The van der Waals surface area contributed by atoms with E-state index in [1.54, 1.807) is 0 Å². The predicted molar refractivity (Wildman–Crippen MR) is 86.3 cm³/mol. The Morgan fingerprint density at radius 2 is 2.05 bits per heavy atom. The molecule has 2 aromatic rings. The number of amides is 1.